The van der Waals surface area contributed by atoms with Crippen LogP contribution in [0.3, 0.4) is 0 Å². The summed E-state index contributed by atoms with van der Waals surface area (Å²) in [6.07, 6.45) is 0. The van der Waals surface area contributed by atoms with Crippen LogP contribution < -0.4 is 61.6 Å². The van der Waals surface area contributed by atoms with E-state index < -0.39 is 12.4 Å². The van der Waals surface area contributed by atoms with Gasteiger partial charge in [-0.2, -0.15) is 0 Å². The quantitative estimate of drug-likeness (QED) is 0.445. The van der Waals surface area contributed by atoms with E-state index in [-0.39, 0.29) is 51.4 Å². The van der Waals surface area contributed by atoms with Gasteiger partial charge in [-0.05, 0) is 12.1 Å². The van der Waals surface area contributed by atoms with E-state index in [0.29, 0.717) is 32.2 Å². The summed E-state index contributed by atoms with van der Waals surface area (Å²) in [7, 11) is 1.57. The van der Waals surface area contributed by atoms with Crippen LogP contribution in [0.5, 0.6) is 5.75 Å². The maximum Gasteiger partial charge on any atom is 1.00 e. The number of methoxy groups -OCH3 is 1. The van der Waals surface area contributed by atoms with Gasteiger partial charge in [0.1, 0.15) is 12.4 Å². The molecule has 0 spiro atoms. The molecule has 19 heavy (non-hydrogen) atoms. The summed E-state index contributed by atoms with van der Waals surface area (Å²) in [6, 6.07) is 4.64. The molecule has 102 valence electrons. The van der Waals surface area contributed by atoms with E-state index in [4.69, 9.17) is 14.2 Å². The first kappa shape index (κ1) is 19.4. The Morgan fingerprint density at radius 1 is 0.947 bits per heavy atom. The summed E-state index contributed by atoms with van der Waals surface area (Å²) in [5, 5.41) is 0. The molecule has 0 heterocycles. The molecule has 0 saturated carbocycles. The topological polar surface area (TPSA) is 27.7 Å². The fourth-order valence-corrected chi connectivity index (χ4v) is 1.25. The minimum atomic E-state index is -4.94. The zero-order valence-corrected chi connectivity index (χ0v) is 14.2. The Kier molecular flexibility index (Phi) is 10.4. The molecular weight excluding hydrogens is 287 g/mol. The van der Waals surface area contributed by atoms with Gasteiger partial charge in [0.05, 0.1) is 19.8 Å². The van der Waals surface area contributed by atoms with Crippen LogP contribution in [0.25, 0.3) is 0 Å². The van der Waals surface area contributed by atoms with Gasteiger partial charge in [0.2, 0.25) is 0 Å². The number of rotatable bonds is 8. The van der Waals surface area contributed by atoms with Gasteiger partial charge in [-0.1, -0.05) is 12.1 Å². The number of hydrogen-bond acceptors (Lipinski definition) is 3. The van der Waals surface area contributed by atoms with Gasteiger partial charge in [0, 0.05) is 7.11 Å². The molecule has 0 fully saturated rings. The van der Waals surface area contributed by atoms with E-state index in [1.807, 2.05) is 0 Å². The first-order chi connectivity index (χ1) is 8.54. The molecule has 1 rings (SSSR count). The third kappa shape index (κ3) is 8.34. The smallest absolute Gasteiger partial charge is 0.491 e. The molecule has 0 aliphatic heterocycles. The van der Waals surface area contributed by atoms with Crippen molar-refractivity contribution in [2.45, 2.75) is 0 Å². The van der Waals surface area contributed by atoms with Gasteiger partial charge in [-0.25, -0.2) is 0 Å². The minimum Gasteiger partial charge on any atom is -0.491 e. The van der Waals surface area contributed by atoms with Gasteiger partial charge in [-0.3, -0.25) is 0 Å². The van der Waals surface area contributed by atoms with E-state index in [1.54, 1.807) is 7.11 Å². The fraction of sp³-hybridized carbons (Fsp3) is 0.455. The Hall–Kier alpha value is 0.431. The number of halogens is 3. The molecule has 1 aromatic carbocycles. The molecule has 0 aliphatic carbocycles. The summed E-state index contributed by atoms with van der Waals surface area (Å²) >= 11 is 0. The van der Waals surface area contributed by atoms with E-state index in [9.17, 15) is 12.9 Å². The second kappa shape index (κ2) is 10.2. The number of hydrogen-bond donors (Lipinski definition) is 0. The average molecular weight is 302 g/mol. The van der Waals surface area contributed by atoms with Crippen LogP contribution in [0, 0.1) is 0 Å². The van der Waals surface area contributed by atoms with Crippen LogP contribution >= 0.6 is 0 Å². The predicted octanol–water partition coefficient (Wildman–Crippen LogP) is -1.21. The molecule has 0 aromatic heterocycles. The molecule has 8 heteroatoms. The van der Waals surface area contributed by atoms with Crippen molar-refractivity contribution in [3.8, 4) is 5.75 Å². The monoisotopic (exact) mass is 302 g/mol. The van der Waals surface area contributed by atoms with Crippen molar-refractivity contribution in [3.63, 3.8) is 0 Å². The van der Waals surface area contributed by atoms with Gasteiger partial charge in [0.15, 0.2) is 0 Å². The van der Waals surface area contributed by atoms with Gasteiger partial charge in [-0.15, -0.1) is 5.46 Å². The van der Waals surface area contributed by atoms with Gasteiger partial charge in [0.25, 0.3) is 0 Å². The van der Waals surface area contributed by atoms with Crippen LogP contribution in [0.15, 0.2) is 24.3 Å². The molecule has 0 atom stereocenters. The summed E-state index contributed by atoms with van der Waals surface area (Å²) in [4.78, 5) is 0. The van der Waals surface area contributed by atoms with E-state index in [0.717, 1.165) is 12.1 Å². The van der Waals surface area contributed by atoms with Crippen molar-refractivity contribution >= 4 is 12.4 Å². The molecule has 0 unspecified atom stereocenters. The van der Waals surface area contributed by atoms with Crippen LogP contribution in [0.2, 0.25) is 0 Å². The molecule has 0 saturated heterocycles. The molecule has 0 bridgehead atoms. The normalized spacial score (nSPS) is 10.9. The first-order valence-electron chi connectivity index (χ1n) is 5.53. The van der Waals surface area contributed by atoms with Gasteiger partial charge >= 0.3 is 58.4 Å². The maximum absolute atomic E-state index is 12.3. The fourth-order valence-electron chi connectivity index (χ4n) is 1.25. The Balaban J connectivity index is 0.00000324. The third-order valence-electron chi connectivity index (χ3n) is 2.19. The van der Waals surface area contributed by atoms with Gasteiger partial charge < -0.3 is 27.2 Å². The number of ether oxygens (including phenoxy) is 3. The standard InChI is InChI=1S/C11H15BF3O3.K/c1-16-6-7-17-8-9-18-11-4-2-10(3-5-11)12(13,14)15;/h2-5H,6-9H2,1H3;/q-1;+1. The summed E-state index contributed by atoms with van der Waals surface area (Å²) in [5.41, 5.74) is -0.626. The second-order valence-corrected chi connectivity index (χ2v) is 3.60. The van der Waals surface area contributed by atoms with E-state index in [2.05, 4.69) is 0 Å². The van der Waals surface area contributed by atoms with Crippen molar-refractivity contribution in [1.82, 2.24) is 0 Å². The van der Waals surface area contributed by atoms with E-state index >= 15 is 0 Å². The predicted molar refractivity (Wildman–Crippen MR) is 63.3 cm³/mol. The largest absolute Gasteiger partial charge is 1.00 e. The minimum absolute atomic E-state index is 0. The Bertz CT molecular complexity index is 346. The zero-order chi connectivity index (χ0) is 13.4. The van der Waals surface area contributed by atoms with Crippen molar-refractivity contribution in [3.05, 3.63) is 24.3 Å². The maximum atomic E-state index is 12.3. The van der Waals surface area contributed by atoms with Crippen molar-refractivity contribution in [2.24, 2.45) is 0 Å². The van der Waals surface area contributed by atoms with Crippen molar-refractivity contribution in [2.75, 3.05) is 33.5 Å². The summed E-state index contributed by atoms with van der Waals surface area (Å²) in [5.74, 6) is 0.397. The third-order valence-corrected chi connectivity index (χ3v) is 2.19. The molecule has 0 radical (unpaired) electrons. The molecule has 3 nitrogen and oxygen atoms in total. The summed E-state index contributed by atoms with van der Waals surface area (Å²) < 4.78 is 52.2. The summed E-state index contributed by atoms with van der Waals surface area (Å²) in [6.45, 7) is -3.31. The van der Waals surface area contributed by atoms with Crippen molar-refractivity contribution in [1.29, 1.82) is 0 Å². The number of benzene rings is 1. The van der Waals surface area contributed by atoms with Crippen molar-refractivity contribution < 1.29 is 78.5 Å². The molecule has 0 aliphatic rings. The van der Waals surface area contributed by atoms with Crippen LogP contribution in [-0.4, -0.2) is 40.5 Å². The molecule has 0 amide bonds. The van der Waals surface area contributed by atoms with Crippen LogP contribution in [-0.2, 0) is 9.47 Å². The second-order valence-electron chi connectivity index (χ2n) is 3.60. The Morgan fingerprint density at radius 2 is 1.53 bits per heavy atom. The Morgan fingerprint density at radius 3 is 2.05 bits per heavy atom. The zero-order valence-electron chi connectivity index (χ0n) is 11.1. The first-order valence-corrected chi connectivity index (χ1v) is 5.53. The molecule has 0 N–H and O–H groups in total. The molecule has 1 aromatic rings. The van der Waals surface area contributed by atoms with Crippen LogP contribution in [0.4, 0.5) is 12.9 Å². The van der Waals surface area contributed by atoms with Crippen LogP contribution in [0.1, 0.15) is 0 Å². The molecular formula is C11H15BF3KO3. The average Bonchev–Trinajstić information content (AvgIpc) is 2.33. The Labute approximate surface area is 153 Å². The van der Waals surface area contributed by atoms with E-state index in [1.165, 1.54) is 12.1 Å². The SMILES string of the molecule is COCCOCCOc1ccc([B-](F)(F)F)cc1.[K+].